The molecule has 1 aromatic carbocycles. The van der Waals surface area contributed by atoms with Crippen LogP contribution in [0.25, 0.3) is 0 Å². The molecule has 2 aromatic rings. The number of aromatic nitrogens is 1. The molecule has 0 unspecified atom stereocenters. The Morgan fingerprint density at radius 3 is 2.68 bits per heavy atom. The lowest BCUT2D eigenvalue weighted by Gasteiger charge is -2.25. The predicted molar refractivity (Wildman–Crippen MR) is 93.1 cm³/mol. The maximum Gasteiger partial charge on any atom is 0.224 e. The van der Waals surface area contributed by atoms with Gasteiger partial charge in [0.25, 0.3) is 0 Å². The second-order valence-corrected chi connectivity index (χ2v) is 7.02. The van der Waals surface area contributed by atoms with Crippen molar-refractivity contribution in [2.45, 2.75) is 44.9 Å². The van der Waals surface area contributed by atoms with Gasteiger partial charge in [0, 0.05) is 37.3 Å². The fourth-order valence-electron chi connectivity index (χ4n) is 4.10. The molecule has 2 aliphatic rings. The van der Waals surface area contributed by atoms with E-state index in [1.54, 1.807) is 0 Å². The number of aryl methyl sites for hydroxylation is 1. The molecule has 1 aromatic heterocycles. The number of pyridine rings is 1. The molecule has 25 heavy (non-hydrogen) atoms. The van der Waals surface area contributed by atoms with E-state index >= 15 is 0 Å². The number of rotatable bonds is 4. The van der Waals surface area contributed by atoms with E-state index in [0.29, 0.717) is 13.0 Å². The molecule has 2 fully saturated rings. The third-order valence-electron chi connectivity index (χ3n) is 5.31. The highest BCUT2D eigenvalue weighted by Gasteiger charge is 2.46. The molecule has 3 heterocycles. The zero-order valence-corrected chi connectivity index (χ0v) is 14.4. The van der Waals surface area contributed by atoms with Crippen LogP contribution in [0.1, 0.15) is 29.8 Å². The first-order valence-corrected chi connectivity index (χ1v) is 8.80. The minimum Gasteiger partial charge on any atom is -0.332 e. The summed E-state index contributed by atoms with van der Waals surface area (Å²) in [5.74, 6) is -0.00182. The fourth-order valence-corrected chi connectivity index (χ4v) is 4.10. The molecule has 4 nitrogen and oxygen atoms in total. The van der Waals surface area contributed by atoms with Crippen molar-refractivity contribution in [3.8, 4) is 0 Å². The molecular formula is C20H22FN3O. The topological polar surface area (TPSA) is 36.4 Å². The van der Waals surface area contributed by atoms with Crippen LogP contribution in [0.2, 0.25) is 0 Å². The van der Waals surface area contributed by atoms with Gasteiger partial charge < -0.3 is 4.90 Å². The number of carbonyl (C=O) groups is 1. The van der Waals surface area contributed by atoms with E-state index in [0.717, 1.165) is 36.5 Å². The lowest BCUT2D eigenvalue weighted by Crippen LogP contribution is -2.36. The van der Waals surface area contributed by atoms with E-state index in [-0.39, 0.29) is 23.8 Å². The lowest BCUT2D eigenvalue weighted by atomic mass is 10.1. The Hall–Kier alpha value is -2.27. The van der Waals surface area contributed by atoms with Crippen molar-refractivity contribution in [3.05, 3.63) is 65.2 Å². The van der Waals surface area contributed by atoms with Crippen molar-refractivity contribution in [2.75, 3.05) is 6.54 Å². The molecule has 4 rings (SSSR count). The summed E-state index contributed by atoms with van der Waals surface area (Å²) in [6.45, 7) is 4.30. The molecule has 0 bridgehead atoms. The molecule has 2 saturated heterocycles. The van der Waals surface area contributed by atoms with Gasteiger partial charge in [-0.05, 0) is 43.2 Å². The Bertz CT molecular complexity index is 777. The van der Waals surface area contributed by atoms with Crippen molar-refractivity contribution in [1.29, 1.82) is 0 Å². The van der Waals surface area contributed by atoms with E-state index < -0.39 is 0 Å². The molecule has 0 saturated carbocycles. The highest BCUT2D eigenvalue weighted by molar-refractivity contribution is 5.80. The van der Waals surface area contributed by atoms with Crippen molar-refractivity contribution < 1.29 is 9.18 Å². The Morgan fingerprint density at radius 1 is 1.12 bits per heavy atom. The monoisotopic (exact) mass is 339 g/mol. The zero-order valence-electron chi connectivity index (χ0n) is 14.4. The van der Waals surface area contributed by atoms with Gasteiger partial charge in [-0.3, -0.25) is 14.7 Å². The summed E-state index contributed by atoms with van der Waals surface area (Å²) in [4.78, 5) is 21.4. The third-order valence-corrected chi connectivity index (χ3v) is 5.31. The summed E-state index contributed by atoms with van der Waals surface area (Å²) in [5, 5.41) is 0. The Morgan fingerprint density at radius 2 is 1.92 bits per heavy atom. The first-order chi connectivity index (χ1) is 12.1. The van der Waals surface area contributed by atoms with Crippen LogP contribution in [-0.2, 0) is 17.9 Å². The van der Waals surface area contributed by atoms with Crippen molar-refractivity contribution in [3.63, 3.8) is 0 Å². The molecule has 0 radical (unpaired) electrons. The van der Waals surface area contributed by atoms with Gasteiger partial charge in [-0.15, -0.1) is 0 Å². The van der Waals surface area contributed by atoms with Gasteiger partial charge in [0.15, 0.2) is 0 Å². The SMILES string of the molecule is Cc1cccc(CN2C(=O)C[C@H]3[C@H]2CCN3Cc2ccc(F)cc2)n1. The van der Waals surface area contributed by atoms with Gasteiger partial charge in [0.2, 0.25) is 5.91 Å². The number of halogens is 1. The summed E-state index contributed by atoms with van der Waals surface area (Å²) >= 11 is 0. The average molecular weight is 339 g/mol. The molecule has 2 aliphatic heterocycles. The average Bonchev–Trinajstić information content (AvgIpc) is 3.10. The van der Waals surface area contributed by atoms with Crippen LogP contribution in [0.4, 0.5) is 4.39 Å². The molecular weight excluding hydrogens is 317 g/mol. The van der Waals surface area contributed by atoms with Gasteiger partial charge in [-0.2, -0.15) is 0 Å². The fraction of sp³-hybridized carbons (Fsp3) is 0.400. The molecule has 1 amide bonds. The Labute approximate surface area is 147 Å². The van der Waals surface area contributed by atoms with Gasteiger partial charge in [0.05, 0.1) is 12.2 Å². The normalized spacial score (nSPS) is 23.3. The number of hydrogen-bond donors (Lipinski definition) is 0. The summed E-state index contributed by atoms with van der Waals surface area (Å²) in [6, 6.07) is 13.1. The van der Waals surface area contributed by atoms with Crippen LogP contribution in [0.5, 0.6) is 0 Å². The van der Waals surface area contributed by atoms with Crippen LogP contribution in [0.3, 0.4) is 0 Å². The summed E-state index contributed by atoms with van der Waals surface area (Å²) in [5.41, 5.74) is 3.02. The number of fused-ring (bicyclic) bond motifs is 1. The number of carbonyl (C=O) groups excluding carboxylic acids is 1. The molecule has 2 atom stereocenters. The van der Waals surface area contributed by atoms with Crippen LogP contribution in [0, 0.1) is 12.7 Å². The van der Waals surface area contributed by atoms with Gasteiger partial charge in [-0.1, -0.05) is 18.2 Å². The van der Waals surface area contributed by atoms with E-state index in [1.807, 2.05) is 42.2 Å². The van der Waals surface area contributed by atoms with Crippen LogP contribution < -0.4 is 0 Å². The smallest absolute Gasteiger partial charge is 0.224 e. The minimum atomic E-state index is -0.212. The summed E-state index contributed by atoms with van der Waals surface area (Å²) < 4.78 is 13.1. The Kier molecular flexibility index (Phi) is 4.25. The second-order valence-electron chi connectivity index (χ2n) is 7.02. The standard InChI is InChI=1S/C20H22FN3O/c1-14-3-2-4-17(22-14)13-24-18-9-10-23(19(18)11-20(24)25)12-15-5-7-16(21)8-6-15/h2-8,18-19H,9-13H2,1H3/t18-,19+/m1/s1. The minimum absolute atomic E-state index is 0.210. The molecule has 130 valence electrons. The predicted octanol–water partition coefficient (Wildman–Crippen LogP) is 2.90. The first kappa shape index (κ1) is 16.2. The summed E-state index contributed by atoms with van der Waals surface area (Å²) in [6.07, 6.45) is 1.56. The van der Waals surface area contributed by atoms with Crippen molar-refractivity contribution in [2.24, 2.45) is 0 Å². The van der Waals surface area contributed by atoms with Crippen LogP contribution in [-0.4, -0.2) is 39.3 Å². The Balaban J connectivity index is 1.46. The first-order valence-electron chi connectivity index (χ1n) is 8.80. The maximum absolute atomic E-state index is 13.1. The second kappa shape index (κ2) is 6.56. The van der Waals surface area contributed by atoms with E-state index in [1.165, 1.54) is 12.1 Å². The molecule has 5 heteroatoms. The number of benzene rings is 1. The zero-order chi connectivity index (χ0) is 17.4. The number of amides is 1. The highest BCUT2D eigenvalue weighted by Crippen LogP contribution is 2.34. The van der Waals surface area contributed by atoms with Crippen molar-refractivity contribution >= 4 is 5.91 Å². The number of likely N-dealkylation sites (tertiary alicyclic amines) is 2. The van der Waals surface area contributed by atoms with Crippen molar-refractivity contribution in [1.82, 2.24) is 14.8 Å². The van der Waals surface area contributed by atoms with E-state index in [2.05, 4.69) is 9.88 Å². The van der Waals surface area contributed by atoms with Gasteiger partial charge in [0.1, 0.15) is 5.82 Å². The van der Waals surface area contributed by atoms with E-state index in [4.69, 9.17) is 0 Å². The quantitative estimate of drug-likeness (QED) is 0.859. The van der Waals surface area contributed by atoms with E-state index in [9.17, 15) is 9.18 Å². The number of nitrogens with zero attached hydrogens (tertiary/aromatic N) is 3. The molecule has 0 N–H and O–H groups in total. The van der Waals surface area contributed by atoms with Gasteiger partial charge >= 0.3 is 0 Å². The summed E-state index contributed by atoms with van der Waals surface area (Å²) in [7, 11) is 0. The molecule has 0 aliphatic carbocycles. The molecule has 0 spiro atoms. The highest BCUT2D eigenvalue weighted by atomic mass is 19.1. The third kappa shape index (κ3) is 3.29. The number of hydrogen-bond acceptors (Lipinski definition) is 3. The van der Waals surface area contributed by atoms with Gasteiger partial charge in [-0.25, -0.2) is 4.39 Å². The largest absolute Gasteiger partial charge is 0.332 e. The maximum atomic E-state index is 13.1. The lowest BCUT2D eigenvalue weighted by molar-refractivity contribution is -0.129. The van der Waals surface area contributed by atoms with Crippen LogP contribution in [0.15, 0.2) is 42.5 Å². The van der Waals surface area contributed by atoms with Crippen LogP contribution >= 0.6 is 0 Å².